The van der Waals surface area contributed by atoms with Crippen molar-refractivity contribution in [2.75, 3.05) is 0 Å². The van der Waals surface area contributed by atoms with Gasteiger partial charge in [-0.1, -0.05) is 18.2 Å². The molecule has 11 nitrogen and oxygen atoms in total. The lowest BCUT2D eigenvalue weighted by Crippen LogP contribution is -2.42. The highest BCUT2D eigenvalue weighted by molar-refractivity contribution is 5.56. The maximum atomic E-state index is 13.4. The highest BCUT2D eigenvalue weighted by atomic mass is 16.5. The maximum absolute atomic E-state index is 13.4. The van der Waals surface area contributed by atoms with E-state index in [0.29, 0.717) is 11.3 Å². The van der Waals surface area contributed by atoms with Crippen molar-refractivity contribution in [3.63, 3.8) is 0 Å². The minimum atomic E-state index is -1.13. The number of nitrogens with one attached hydrogen (secondary N) is 2. The zero-order chi connectivity index (χ0) is 22.6. The number of fused-ring (bicyclic) bond motifs is 2. The van der Waals surface area contributed by atoms with Crippen LogP contribution in [0.1, 0.15) is 62.4 Å². The molecule has 0 spiro atoms. The lowest BCUT2D eigenvalue weighted by Gasteiger charge is -2.31. The molecular weight excluding hydrogens is 418 g/mol. The summed E-state index contributed by atoms with van der Waals surface area (Å²) < 4.78 is 7.69. The molecule has 0 bridgehead atoms. The highest BCUT2D eigenvalue weighted by Gasteiger charge is 2.36. The lowest BCUT2D eigenvalue weighted by atomic mass is 9.84. The summed E-state index contributed by atoms with van der Waals surface area (Å²) in [6.45, 7) is 6.61. The molecule has 1 atom stereocenters. The molecule has 1 aliphatic rings. The molecule has 0 saturated carbocycles. The van der Waals surface area contributed by atoms with E-state index in [2.05, 4.69) is 9.97 Å². The van der Waals surface area contributed by atoms with Gasteiger partial charge >= 0.3 is 11.4 Å². The molecule has 1 unspecified atom stereocenters. The largest absolute Gasteiger partial charge is 0.860 e. The van der Waals surface area contributed by atoms with Gasteiger partial charge in [0.25, 0.3) is 11.1 Å². The number of quaternary nitrogens is 1. The first-order valence-electron chi connectivity index (χ1n) is 9.84. The van der Waals surface area contributed by atoms with Crippen LogP contribution >= 0.6 is 0 Å². The van der Waals surface area contributed by atoms with Gasteiger partial charge in [0.1, 0.15) is 5.75 Å². The topological polar surface area (TPSA) is 179 Å². The average Bonchev–Trinajstić information content (AvgIpc) is 2.66. The highest BCUT2D eigenvalue weighted by Crippen LogP contribution is 2.45. The number of nitrogens with zero attached hydrogens (tertiary/aromatic N) is 2. The van der Waals surface area contributed by atoms with Crippen molar-refractivity contribution >= 4 is 0 Å². The molecule has 0 amide bonds. The monoisotopic (exact) mass is 443 g/mol. The lowest BCUT2D eigenvalue weighted by molar-refractivity contribution is -0.282. The molecule has 4 rings (SSSR count). The number of benzene rings is 1. The van der Waals surface area contributed by atoms with Crippen molar-refractivity contribution in [2.45, 2.75) is 45.7 Å². The summed E-state index contributed by atoms with van der Waals surface area (Å²) in [4.78, 5) is 55.7. The second-order valence-corrected chi connectivity index (χ2v) is 7.96. The Balaban J connectivity index is 0.00000289. The SMILES string of the molecule is CC(C)n1c([O-])c(C2c3ccccc3Oc3[nH]c(=O)n(C(C)C)c(=O)c32)c(=O)[nH]c1=O.[NH4+]. The molecule has 6 N–H and O–H groups in total. The summed E-state index contributed by atoms with van der Waals surface area (Å²) in [5.41, 5.74) is -2.97. The van der Waals surface area contributed by atoms with Gasteiger partial charge in [0.15, 0.2) is 0 Å². The van der Waals surface area contributed by atoms with E-state index >= 15 is 0 Å². The van der Waals surface area contributed by atoms with E-state index in [1.807, 2.05) is 0 Å². The van der Waals surface area contributed by atoms with Crippen LogP contribution in [0, 0.1) is 0 Å². The fraction of sp³-hybridized carbons (Fsp3) is 0.333. The molecule has 11 heteroatoms. The van der Waals surface area contributed by atoms with Crippen molar-refractivity contribution in [1.82, 2.24) is 25.3 Å². The first kappa shape index (κ1) is 22.8. The Bertz CT molecular complexity index is 1420. The molecule has 32 heavy (non-hydrogen) atoms. The number of rotatable bonds is 3. The number of hydrogen-bond donors (Lipinski definition) is 3. The Morgan fingerprint density at radius 2 is 1.50 bits per heavy atom. The first-order chi connectivity index (χ1) is 14.6. The van der Waals surface area contributed by atoms with Crippen LogP contribution < -0.4 is 38.5 Å². The summed E-state index contributed by atoms with van der Waals surface area (Å²) in [5, 5.41) is 13.3. The van der Waals surface area contributed by atoms with Gasteiger partial charge in [0.05, 0.1) is 11.5 Å². The van der Waals surface area contributed by atoms with Crippen molar-refractivity contribution in [3.05, 3.63) is 82.6 Å². The molecule has 1 aromatic carbocycles. The first-order valence-corrected chi connectivity index (χ1v) is 9.84. The van der Waals surface area contributed by atoms with E-state index in [4.69, 9.17) is 4.74 Å². The third kappa shape index (κ3) is 3.26. The van der Waals surface area contributed by atoms with Crippen LogP contribution in [0.15, 0.2) is 43.4 Å². The predicted molar refractivity (Wildman–Crippen MR) is 116 cm³/mol. The molecule has 0 radical (unpaired) electrons. The Hall–Kier alpha value is -3.86. The summed E-state index contributed by atoms with van der Waals surface area (Å²) >= 11 is 0. The van der Waals surface area contributed by atoms with Gasteiger partial charge in [0.2, 0.25) is 5.88 Å². The molecular formula is C21H25N5O6. The Kier molecular flexibility index (Phi) is 5.71. The molecule has 3 aromatic rings. The van der Waals surface area contributed by atoms with Crippen LogP contribution in [0.3, 0.4) is 0 Å². The van der Waals surface area contributed by atoms with Crippen LogP contribution in [-0.2, 0) is 0 Å². The standard InChI is InChI=1S/C21H22N4O6.H3N/c1-9(2)24-18(27)14(16(26)22-20(24)29)13-11-7-5-6-8-12(11)31-17-15(13)19(28)25(10(3)4)21(30)23-17;/h5-10,13,27H,1-4H3,(H,23,30)(H,22,26,29);1H3. The zero-order valence-corrected chi connectivity index (χ0v) is 18.4. The minimum absolute atomic E-state index is 0. The second kappa shape index (κ2) is 8.00. The quantitative estimate of drug-likeness (QED) is 0.429. The van der Waals surface area contributed by atoms with Crippen LogP contribution in [-0.4, -0.2) is 19.1 Å². The van der Waals surface area contributed by atoms with E-state index < -0.39 is 46.4 Å². The molecule has 0 saturated heterocycles. The second-order valence-electron chi connectivity index (χ2n) is 7.96. The fourth-order valence-corrected chi connectivity index (χ4v) is 3.99. The van der Waals surface area contributed by atoms with Gasteiger partial charge < -0.3 is 20.6 Å². The molecule has 2 aromatic heterocycles. The van der Waals surface area contributed by atoms with Crippen molar-refractivity contribution < 1.29 is 9.84 Å². The Morgan fingerprint density at radius 3 is 2.12 bits per heavy atom. The molecule has 0 aliphatic carbocycles. The van der Waals surface area contributed by atoms with E-state index in [0.717, 1.165) is 9.13 Å². The number of aromatic amines is 2. The van der Waals surface area contributed by atoms with E-state index in [9.17, 15) is 24.3 Å². The van der Waals surface area contributed by atoms with E-state index in [1.54, 1.807) is 52.0 Å². The number of ether oxygens (including phenoxy) is 1. The van der Waals surface area contributed by atoms with Crippen LogP contribution in [0.2, 0.25) is 0 Å². The summed E-state index contributed by atoms with van der Waals surface area (Å²) in [6.07, 6.45) is 0. The number of hydrogen-bond acceptors (Lipinski definition) is 6. The molecule has 0 fully saturated rings. The molecule has 170 valence electrons. The Morgan fingerprint density at radius 1 is 0.906 bits per heavy atom. The van der Waals surface area contributed by atoms with Gasteiger partial charge in [-0.3, -0.25) is 24.1 Å². The van der Waals surface area contributed by atoms with Gasteiger partial charge in [-0.2, -0.15) is 0 Å². The van der Waals surface area contributed by atoms with Crippen LogP contribution in [0.5, 0.6) is 17.5 Å². The van der Waals surface area contributed by atoms with Gasteiger partial charge in [-0.05, 0) is 39.6 Å². The van der Waals surface area contributed by atoms with Crippen molar-refractivity contribution in [1.29, 1.82) is 0 Å². The van der Waals surface area contributed by atoms with E-state index in [-0.39, 0.29) is 23.2 Å². The smallest absolute Gasteiger partial charge is 0.331 e. The normalized spacial score (nSPS) is 14.5. The fourth-order valence-electron chi connectivity index (χ4n) is 3.99. The summed E-state index contributed by atoms with van der Waals surface area (Å²) in [6, 6.07) is 5.61. The molecule has 1 aliphatic heterocycles. The number of para-hydroxylation sites is 1. The number of H-pyrrole nitrogens is 2. The summed E-state index contributed by atoms with van der Waals surface area (Å²) in [5.74, 6) is -1.76. The third-order valence-corrected chi connectivity index (χ3v) is 5.32. The minimum Gasteiger partial charge on any atom is -0.860 e. The summed E-state index contributed by atoms with van der Waals surface area (Å²) in [7, 11) is 0. The van der Waals surface area contributed by atoms with Gasteiger partial charge in [-0.15, -0.1) is 0 Å². The van der Waals surface area contributed by atoms with Gasteiger partial charge in [-0.25, -0.2) is 9.59 Å². The average molecular weight is 443 g/mol. The van der Waals surface area contributed by atoms with E-state index in [1.165, 1.54) is 0 Å². The third-order valence-electron chi connectivity index (χ3n) is 5.32. The van der Waals surface area contributed by atoms with Crippen molar-refractivity contribution in [2.24, 2.45) is 0 Å². The maximum Gasteiger partial charge on any atom is 0.331 e. The predicted octanol–water partition coefficient (Wildman–Crippen LogP) is 1.28. The van der Waals surface area contributed by atoms with Crippen molar-refractivity contribution in [3.8, 4) is 17.5 Å². The number of aromatic nitrogens is 4. The van der Waals surface area contributed by atoms with Gasteiger partial charge in [0, 0.05) is 23.2 Å². The van der Waals surface area contributed by atoms with Crippen LogP contribution in [0.25, 0.3) is 0 Å². The van der Waals surface area contributed by atoms with Crippen LogP contribution in [0.4, 0.5) is 0 Å². The zero-order valence-electron chi connectivity index (χ0n) is 18.4. The Labute approximate surface area is 181 Å². The molecule has 3 heterocycles.